The summed E-state index contributed by atoms with van der Waals surface area (Å²) < 4.78 is 1.54. The molecule has 4 rings (SSSR count). The lowest BCUT2D eigenvalue weighted by molar-refractivity contribution is -0.132. The molecule has 3 aromatic rings. The third kappa shape index (κ3) is 3.09. The second-order valence-electron chi connectivity index (χ2n) is 6.31. The predicted molar refractivity (Wildman–Crippen MR) is 98.6 cm³/mol. The Morgan fingerprint density at radius 2 is 2.16 bits per heavy atom. The summed E-state index contributed by atoms with van der Waals surface area (Å²) in [4.78, 5) is 31.5. The number of carbonyl (C=O) groups is 1. The lowest BCUT2D eigenvalue weighted by atomic mass is 10.1. The summed E-state index contributed by atoms with van der Waals surface area (Å²) >= 11 is 1.66. The topological polar surface area (TPSA) is 55.2 Å². The standard InChI is InChI=1S/C19H19N3O2S/c23-18(22-9-3-6-17(22)14-8-11-25-12-14)7-10-21-13-20-16-5-2-1-4-15(16)19(21)24/h1-2,4-5,8,11-13,17H,3,6-7,9-10H2. The van der Waals surface area contributed by atoms with E-state index in [0.717, 1.165) is 19.4 Å². The highest BCUT2D eigenvalue weighted by molar-refractivity contribution is 7.08. The molecule has 1 aromatic carbocycles. The van der Waals surface area contributed by atoms with Crippen LogP contribution in [0.1, 0.15) is 30.9 Å². The summed E-state index contributed by atoms with van der Waals surface area (Å²) in [5.74, 6) is 0.105. The van der Waals surface area contributed by atoms with Crippen LogP contribution >= 0.6 is 11.3 Å². The maximum absolute atomic E-state index is 12.7. The van der Waals surface area contributed by atoms with Crippen molar-refractivity contribution in [3.63, 3.8) is 0 Å². The minimum Gasteiger partial charge on any atom is -0.336 e. The van der Waals surface area contributed by atoms with Crippen LogP contribution in [0.2, 0.25) is 0 Å². The Labute approximate surface area is 149 Å². The van der Waals surface area contributed by atoms with Gasteiger partial charge in [-0.1, -0.05) is 12.1 Å². The Morgan fingerprint density at radius 1 is 1.28 bits per heavy atom. The first-order valence-corrected chi connectivity index (χ1v) is 9.44. The second-order valence-corrected chi connectivity index (χ2v) is 7.09. The summed E-state index contributed by atoms with van der Waals surface area (Å²) in [7, 11) is 0. The first-order valence-electron chi connectivity index (χ1n) is 8.50. The molecule has 0 bridgehead atoms. The molecule has 1 aliphatic heterocycles. The molecule has 25 heavy (non-hydrogen) atoms. The van der Waals surface area contributed by atoms with E-state index in [4.69, 9.17) is 0 Å². The summed E-state index contributed by atoms with van der Waals surface area (Å²) in [5.41, 5.74) is 1.82. The van der Waals surface area contributed by atoms with Crippen molar-refractivity contribution in [1.82, 2.24) is 14.5 Å². The Bertz CT molecular complexity index is 949. The van der Waals surface area contributed by atoms with Crippen LogP contribution in [-0.4, -0.2) is 26.9 Å². The molecule has 0 radical (unpaired) electrons. The number of hydrogen-bond donors (Lipinski definition) is 0. The SMILES string of the molecule is O=C(CCn1cnc2ccccc2c1=O)N1CCCC1c1ccsc1. The molecule has 1 atom stereocenters. The van der Waals surface area contributed by atoms with Crippen LogP contribution in [0, 0.1) is 0 Å². The van der Waals surface area contributed by atoms with E-state index in [2.05, 4.69) is 21.8 Å². The molecule has 1 saturated heterocycles. The molecule has 6 heteroatoms. The number of amides is 1. The van der Waals surface area contributed by atoms with E-state index in [0.29, 0.717) is 23.9 Å². The van der Waals surface area contributed by atoms with E-state index in [1.54, 1.807) is 17.4 Å². The molecule has 1 unspecified atom stereocenters. The fourth-order valence-corrected chi connectivity index (χ4v) is 4.21. The first kappa shape index (κ1) is 16.0. The molecule has 128 valence electrons. The van der Waals surface area contributed by atoms with Gasteiger partial charge in [-0.2, -0.15) is 11.3 Å². The van der Waals surface area contributed by atoms with Gasteiger partial charge in [0, 0.05) is 19.5 Å². The number of nitrogens with zero attached hydrogens (tertiary/aromatic N) is 3. The van der Waals surface area contributed by atoms with Gasteiger partial charge in [-0.05, 0) is 47.4 Å². The number of fused-ring (bicyclic) bond motifs is 1. The Kier molecular flexibility index (Phi) is 4.36. The van der Waals surface area contributed by atoms with Crippen molar-refractivity contribution in [2.24, 2.45) is 0 Å². The number of benzene rings is 1. The van der Waals surface area contributed by atoms with Crippen LogP contribution in [-0.2, 0) is 11.3 Å². The average Bonchev–Trinajstić information content (AvgIpc) is 3.32. The van der Waals surface area contributed by atoms with E-state index in [9.17, 15) is 9.59 Å². The summed E-state index contributed by atoms with van der Waals surface area (Å²) in [6.07, 6.45) is 3.91. The number of aromatic nitrogens is 2. The minimum atomic E-state index is -0.0887. The molecule has 2 aromatic heterocycles. The quantitative estimate of drug-likeness (QED) is 0.724. The maximum atomic E-state index is 12.7. The number of rotatable bonds is 4. The van der Waals surface area contributed by atoms with Crippen LogP contribution in [0.15, 0.2) is 52.2 Å². The van der Waals surface area contributed by atoms with Crippen molar-refractivity contribution < 1.29 is 4.79 Å². The normalized spacial score (nSPS) is 17.3. The fraction of sp³-hybridized carbons (Fsp3) is 0.316. The smallest absolute Gasteiger partial charge is 0.261 e. The summed E-state index contributed by atoms with van der Waals surface area (Å²) in [5, 5.41) is 4.76. The van der Waals surface area contributed by atoms with Crippen molar-refractivity contribution in [2.75, 3.05) is 6.54 Å². The number of hydrogen-bond acceptors (Lipinski definition) is 4. The molecule has 0 N–H and O–H groups in total. The Hall–Kier alpha value is -2.47. The predicted octanol–water partition coefficient (Wildman–Crippen LogP) is 3.21. The fourth-order valence-electron chi connectivity index (χ4n) is 3.50. The first-order chi connectivity index (χ1) is 12.2. The van der Waals surface area contributed by atoms with Gasteiger partial charge in [0.1, 0.15) is 0 Å². The van der Waals surface area contributed by atoms with Gasteiger partial charge >= 0.3 is 0 Å². The molecule has 1 aliphatic rings. The molecule has 0 spiro atoms. The molecule has 0 saturated carbocycles. The molecule has 1 amide bonds. The Balaban J connectivity index is 1.49. The maximum Gasteiger partial charge on any atom is 0.261 e. The van der Waals surface area contributed by atoms with Gasteiger partial charge in [0.15, 0.2) is 0 Å². The van der Waals surface area contributed by atoms with Gasteiger partial charge < -0.3 is 4.90 Å². The van der Waals surface area contributed by atoms with E-state index >= 15 is 0 Å². The number of carbonyl (C=O) groups excluding carboxylic acids is 1. The molecular weight excluding hydrogens is 334 g/mol. The zero-order chi connectivity index (χ0) is 17.2. The van der Waals surface area contributed by atoms with Gasteiger partial charge in [0.2, 0.25) is 5.91 Å². The zero-order valence-corrected chi connectivity index (χ0v) is 14.6. The second kappa shape index (κ2) is 6.80. The van der Waals surface area contributed by atoms with Gasteiger partial charge in [-0.25, -0.2) is 4.98 Å². The van der Waals surface area contributed by atoms with Crippen LogP contribution < -0.4 is 5.56 Å². The largest absolute Gasteiger partial charge is 0.336 e. The highest BCUT2D eigenvalue weighted by atomic mass is 32.1. The van der Waals surface area contributed by atoms with E-state index in [-0.39, 0.29) is 17.5 Å². The van der Waals surface area contributed by atoms with Gasteiger partial charge in [0.05, 0.1) is 23.3 Å². The van der Waals surface area contributed by atoms with Crippen LogP contribution in [0.25, 0.3) is 10.9 Å². The van der Waals surface area contributed by atoms with E-state index < -0.39 is 0 Å². The molecular formula is C19H19N3O2S. The zero-order valence-electron chi connectivity index (χ0n) is 13.8. The summed E-state index contributed by atoms with van der Waals surface area (Å²) in [6, 6.07) is 9.57. The van der Waals surface area contributed by atoms with Crippen LogP contribution in [0.4, 0.5) is 0 Å². The van der Waals surface area contributed by atoms with Gasteiger partial charge in [-0.15, -0.1) is 0 Å². The van der Waals surface area contributed by atoms with Crippen molar-refractivity contribution in [2.45, 2.75) is 31.8 Å². The van der Waals surface area contributed by atoms with Crippen molar-refractivity contribution >= 4 is 28.1 Å². The molecule has 1 fully saturated rings. The Morgan fingerprint density at radius 3 is 3.00 bits per heavy atom. The van der Waals surface area contributed by atoms with Crippen LogP contribution in [0.5, 0.6) is 0 Å². The van der Waals surface area contributed by atoms with Crippen molar-refractivity contribution in [1.29, 1.82) is 0 Å². The summed E-state index contributed by atoms with van der Waals surface area (Å²) in [6.45, 7) is 1.16. The number of likely N-dealkylation sites (tertiary alicyclic amines) is 1. The molecule has 0 aliphatic carbocycles. The highest BCUT2D eigenvalue weighted by Crippen LogP contribution is 2.33. The van der Waals surface area contributed by atoms with E-state index in [1.807, 2.05) is 23.1 Å². The monoisotopic (exact) mass is 353 g/mol. The van der Waals surface area contributed by atoms with Gasteiger partial charge in [-0.3, -0.25) is 14.2 Å². The third-order valence-electron chi connectivity index (χ3n) is 4.80. The van der Waals surface area contributed by atoms with Crippen molar-refractivity contribution in [3.05, 3.63) is 63.3 Å². The lowest BCUT2D eigenvalue weighted by Gasteiger charge is -2.24. The average molecular weight is 353 g/mol. The van der Waals surface area contributed by atoms with E-state index in [1.165, 1.54) is 16.5 Å². The third-order valence-corrected chi connectivity index (χ3v) is 5.50. The lowest BCUT2D eigenvalue weighted by Crippen LogP contribution is -2.32. The number of aryl methyl sites for hydroxylation is 1. The van der Waals surface area contributed by atoms with Gasteiger partial charge in [0.25, 0.3) is 5.56 Å². The van der Waals surface area contributed by atoms with Crippen LogP contribution in [0.3, 0.4) is 0 Å². The minimum absolute atomic E-state index is 0.0887. The van der Waals surface area contributed by atoms with Crippen molar-refractivity contribution in [3.8, 4) is 0 Å². The molecule has 5 nitrogen and oxygen atoms in total. The number of thiophene rings is 1. The molecule has 3 heterocycles. The number of para-hydroxylation sites is 1. The highest BCUT2D eigenvalue weighted by Gasteiger charge is 2.29.